The zero-order valence-corrected chi connectivity index (χ0v) is 10.0. The zero-order valence-electron chi connectivity index (χ0n) is 10.0. The van der Waals surface area contributed by atoms with Crippen LogP contribution in [0.2, 0.25) is 0 Å². The molecule has 0 amide bonds. The van der Waals surface area contributed by atoms with Crippen LogP contribution in [0.3, 0.4) is 0 Å². The summed E-state index contributed by atoms with van der Waals surface area (Å²) in [6, 6.07) is 3.81. The lowest BCUT2D eigenvalue weighted by atomic mass is 10.3. The largest absolute Gasteiger partial charge is 0.354 e. The number of hydrogen-bond donors (Lipinski definition) is 1. The lowest BCUT2D eigenvalue weighted by molar-refractivity contribution is 0.766. The van der Waals surface area contributed by atoms with Gasteiger partial charge in [0.05, 0.1) is 11.9 Å². The molecule has 2 heterocycles. The van der Waals surface area contributed by atoms with Gasteiger partial charge < -0.3 is 10.6 Å². The Bertz CT molecular complexity index is 475. The first-order chi connectivity index (χ1) is 8.19. The molecule has 0 saturated heterocycles. The second-order valence-corrected chi connectivity index (χ2v) is 3.97. The molecule has 2 aromatic heterocycles. The lowest BCUT2D eigenvalue weighted by Crippen LogP contribution is -2.18. The first-order valence-corrected chi connectivity index (χ1v) is 5.40. The number of hydrogen-bond acceptors (Lipinski definition) is 5. The molecule has 2 rings (SSSR count). The Balaban J connectivity index is 2.06. The average molecular weight is 232 g/mol. The molecule has 17 heavy (non-hydrogen) atoms. The Hall–Kier alpha value is -1.95. The summed E-state index contributed by atoms with van der Waals surface area (Å²) in [4.78, 5) is 2.02. The lowest BCUT2D eigenvalue weighted by Gasteiger charge is -2.16. The quantitative estimate of drug-likeness (QED) is 0.821. The highest BCUT2D eigenvalue weighted by molar-refractivity contribution is 5.37. The van der Waals surface area contributed by atoms with E-state index in [1.54, 1.807) is 4.68 Å². The summed E-state index contributed by atoms with van der Waals surface area (Å²) in [5.74, 6) is 0.825. The van der Waals surface area contributed by atoms with Gasteiger partial charge in [0, 0.05) is 38.9 Å². The van der Waals surface area contributed by atoms with Crippen LogP contribution < -0.4 is 10.6 Å². The molecule has 6 heteroatoms. The topological polar surface area (TPSA) is 72.9 Å². The predicted octanol–water partition coefficient (Wildman–Crippen LogP) is 0.305. The van der Waals surface area contributed by atoms with E-state index in [0.717, 1.165) is 23.6 Å². The van der Waals surface area contributed by atoms with Crippen molar-refractivity contribution in [1.82, 2.24) is 20.0 Å². The Labute approximate surface area is 100 Å². The molecule has 0 unspecified atom stereocenters. The maximum atomic E-state index is 5.48. The van der Waals surface area contributed by atoms with E-state index in [1.807, 2.05) is 43.5 Å². The van der Waals surface area contributed by atoms with E-state index < -0.39 is 0 Å². The summed E-state index contributed by atoms with van der Waals surface area (Å²) in [5, 5.41) is 12.3. The predicted molar refractivity (Wildman–Crippen MR) is 65.2 cm³/mol. The molecule has 0 aliphatic heterocycles. The number of rotatable bonds is 4. The highest BCUT2D eigenvalue weighted by atomic mass is 15.3. The van der Waals surface area contributed by atoms with E-state index in [9.17, 15) is 0 Å². The summed E-state index contributed by atoms with van der Waals surface area (Å²) < 4.78 is 1.78. The van der Waals surface area contributed by atoms with Gasteiger partial charge in [-0.25, -0.2) is 0 Å². The first-order valence-electron chi connectivity index (χ1n) is 5.40. The van der Waals surface area contributed by atoms with Gasteiger partial charge in [0.25, 0.3) is 0 Å². The number of aryl methyl sites for hydroxylation is 1. The average Bonchev–Trinajstić information content (AvgIpc) is 2.75. The Morgan fingerprint density at radius 2 is 2.18 bits per heavy atom. The number of nitrogens with zero attached hydrogens (tertiary/aromatic N) is 5. The summed E-state index contributed by atoms with van der Waals surface area (Å²) in [6.07, 6.45) is 3.83. The Morgan fingerprint density at radius 3 is 2.71 bits per heavy atom. The standard InChI is InChI=1S/C11H16N6/c1-16(7-9-6-13-17(2)8-9)11-4-3-10(5-12)14-15-11/h3-4,6,8H,5,7,12H2,1-2H3. The van der Waals surface area contributed by atoms with Crippen LogP contribution in [0.5, 0.6) is 0 Å². The van der Waals surface area contributed by atoms with Crippen LogP contribution in [0.1, 0.15) is 11.3 Å². The molecule has 0 aliphatic rings. The van der Waals surface area contributed by atoms with E-state index in [1.165, 1.54) is 0 Å². The summed E-state index contributed by atoms with van der Waals surface area (Å²) in [5.41, 5.74) is 7.41. The van der Waals surface area contributed by atoms with E-state index in [2.05, 4.69) is 15.3 Å². The fourth-order valence-corrected chi connectivity index (χ4v) is 1.57. The normalized spacial score (nSPS) is 10.5. The van der Waals surface area contributed by atoms with E-state index in [0.29, 0.717) is 6.54 Å². The van der Waals surface area contributed by atoms with Gasteiger partial charge in [-0.1, -0.05) is 0 Å². The zero-order chi connectivity index (χ0) is 12.3. The van der Waals surface area contributed by atoms with Gasteiger partial charge in [0.15, 0.2) is 5.82 Å². The van der Waals surface area contributed by atoms with Crippen molar-refractivity contribution >= 4 is 5.82 Å². The molecule has 0 aromatic carbocycles. The van der Waals surface area contributed by atoms with Gasteiger partial charge in [-0.2, -0.15) is 10.2 Å². The Kier molecular flexibility index (Phi) is 3.34. The molecule has 2 N–H and O–H groups in total. The second kappa shape index (κ2) is 4.92. The van der Waals surface area contributed by atoms with Crippen LogP contribution in [0, 0.1) is 0 Å². The van der Waals surface area contributed by atoms with Gasteiger partial charge in [-0.15, -0.1) is 5.10 Å². The van der Waals surface area contributed by atoms with Crippen molar-refractivity contribution in [2.75, 3.05) is 11.9 Å². The molecule has 0 saturated carbocycles. The molecule has 0 spiro atoms. The van der Waals surface area contributed by atoms with Crippen LogP contribution in [0.4, 0.5) is 5.82 Å². The molecular formula is C11H16N6. The third kappa shape index (κ3) is 2.79. The van der Waals surface area contributed by atoms with Crippen molar-refractivity contribution in [3.8, 4) is 0 Å². The summed E-state index contributed by atoms with van der Waals surface area (Å²) in [7, 11) is 3.87. The number of anilines is 1. The number of nitrogens with two attached hydrogens (primary N) is 1. The van der Waals surface area contributed by atoms with Crippen LogP contribution >= 0.6 is 0 Å². The Morgan fingerprint density at radius 1 is 1.35 bits per heavy atom. The van der Waals surface area contributed by atoms with Crippen LogP contribution in [-0.4, -0.2) is 27.0 Å². The van der Waals surface area contributed by atoms with Crippen LogP contribution in [0.25, 0.3) is 0 Å². The molecule has 6 nitrogen and oxygen atoms in total. The van der Waals surface area contributed by atoms with Gasteiger partial charge in [-0.05, 0) is 12.1 Å². The third-order valence-corrected chi connectivity index (χ3v) is 2.48. The van der Waals surface area contributed by atoms with Crippen molar-refractivity contribution in [2.45, 2.75) is 13.1 Å². The molecule has 0 aliphatic carbocycles. The van der Waals surface area contributed by atoms with Crippen molar-refractivity contribution < 1.29 is 0 Å². The SMILES string of the molecule is CN(Cc1cnn(C)c1)c1ccc(CN)nn1. The van der Waals surface area contributed by atoms with E-state index >= 15 is 0 Å². The monoisotopic (exact) mass is 232 g/mol. The molecule has 0 bridgehead atoms. The van der Waals surface area contributed by atoms with Crippen molar-refractivity contribution in [3.05, 3.63) is 35.8 Å². The molecular weight excluding hydrogens is 216 g/mol. The maximum Gasteiger partial charge on any atom is 0.151 e. The molecule has 0 fully saturated rings. The van der Waals surface area contributed by atoms with E-state index in [4.69, 9.17) is 5.73 Å². The molecule has 0 radical (unpaired) electrons. The minimum absolute atomic E-state index is 0.416. The van der Waals surface area contributed by atoms with Crippen LogP contribution in [0.15, 0.2) is 24.5 Å². The minimum Gasteiger partial charge on any atom is -0.354 e. The highest BCUT2D eigenvalue weighted by Crippen LogP contribution is 2.11. The molecule has 90 valence electrons. The third-order valence-electron chi connectivity index (χ3n) is 2.48. The summed E-state index contributed by atoms with van der Waals surface area (Å²) in [6.45, 7) is 1.17. The summed E-state index contributed by atoms with van der Waals surface area (Å²) >= 11 is 0. The van der Waals surface area contributed by atoms with Gasteiger partial charge >= 0.3 is 0 Å². The minimum atomic E-state index is 0.416. The van der Waals surface area contributed by atoms with Gasteiger partial charge in [0.1, 0.15) is 0 Å². The smallest absolute Gasteiger partial charge is 0.151 e. The molecule has 2 aromatic rings. The van der Waals surface area contributed by atoms with Crippen molar-refractivity contribution in [3.63, 3.8) is 0 Å². The van der Waals surface area contributed by atoms with E-state index in [-0.39, 0.29) is 0 Å². The second-order valence-electron chi connectivity index (χ2n) is 3.97. The highest BCUT2D eigenvalue weighted by Gasteiger charge is 2.05. The van der Waals surface area contributed by atoms with Gasteiger partial charge in [0.2, 0.25) is 0 Å². The van der Waals surface area contributed by atoms with Crippen molar-refractivity contribution in [1.29, 1.82) is 0 Å². The first kappa shape index (κ1) is 11.5. The van der Waals surface area contributed by atoms with Gasteiger partial charge in [-0.3, -0.25) is 4.68 Å². The molecule has 0 atom stereocenters. The van der Waals surface area contributed by atoms with Crippen molar-refractivity contribution in [2.24, 2.45) is 12.8 Å². The fourth-order valence-electron chi connectivity index (χ4n) is 1.57. The fraction of sp³-hybridized carbons (Fsp3) is 0.364. The number of aromatic nitrogens is 4. The maximum absolute atomic E-state index is 5.48. The van der Waals surface area contributed by atoms with Crippen LogP contribution in [-0.2, 0) is 20.1 Å².